The number of carbonyl (C=O) groups excluding carboxylic acids is 2. The summed E-state index contributed by atoms with van der Waals surface area (Å²) in [4.78, 5) is 23.5. The molecule has 0 aliphatic carbocycles. The minimum Gasteiger partial charge on any atom is -0.268 e. The van der Waals surface area contributed by atoms with E-state index >= 15 is 0 Å². The molecule has 112 valence electrons. The van der Waals surface area contributed by atoms with Crippen molar-refractivity contribution in [3.63, 3.8) is 0 Å². The Morgan fingerprint density at radius 3 is 2.36 bits per heavy atom. The third-order valence-electron chi connectivity index (χ3n) is 2.71. The topological polar surface area (TPSA) is 58.2 Å². The van der Waals surface area contributed by atoms with E-state index < -0.39 is 11.8 Å². The lowest BCUT2D eigenvalue weighted by Gasteiger charge is -2.06. The molecule has 0 spiro atoms. The summed E-state index contributed by atoms with van der Waals surface area (Å²) in [6.07, 6.45) is 2.77. The van der Waals surface area contributed by atoms with Gasteiger partial charge in [-0.15, -0.1) is 0 Å². The number of hydrogen-bond acceptors (Lipinski definition) is 2. The van der Waals surface area contributed by atoms with Crippen molar-refractivity contribution in [2.75, 3.05) is 0 Å². The summed E-state index contributed by atoms with van der Waals surface area (Å²) >= 11 is 2.04. The Kier molecular flexibility index (Phi) is 5.65. The van der Waals surface area contributed by atoms with E-state index in [0.717, 1.165) is 3.57 Å². The lowest BCUT2D eigenvalue weighted by atomic mass is 10.2. The molecule has 0 saturated heterocycles. The number of hydrogen-bond donors (Lipinski definition) is 2. The van der Waals surface area contributed by atoms with Crippen molar-refractivity contribution in [2.24, 2.45) is 0 Å². The number of nitrogens with one attached hydrogen (secondary N) is 2. The van der Waals surface area contributed by atoms with Gasteiger partial charge in [-0.1, -0.05) is 24.3 Å². The van der Waals surface area contributed by atoms with E-state index in [1.165, 1.54) is 24.3 Å². The van der Waals surface area contributed by atoms with Crippen LogP contribution in [0.3, 0.4) is 0 Å². The first-order valence-corrected chi connectivity index (χ1v) is 7.42. The minimum absolute atomic E-state index is 0.341. The van der Waals surface area contributed by atoms with Gasteiger partial charge in [0.2, 0.25) is 0 Å². The minimum atomic E-state index is -0.483. The molecule has 2 rings (SSSR count). The van der Waals surface area contributed by atoms with Crippen molar-refractivity contribution >= 4 is 40.5 Å². The Hall–Kier alpha value is -2.22. The highest BCUT2D eigenvalue weighted by atomic mass is 127. The number of benzene rings is 2. The molecule has 22 heavy (non-hydrogen) atoms. The van der Waals surface area contributed by atoms with E-state index in [2.05, 4.69) is 10.9 Å². The zero-order valence-corrected chi connectivity index (χ0v) is 13.5. The molecule has 0 aromatic heterocycles. The Morgan fingerprint density at radius 1 is 1.00 bits per heavy atom. The van der Waals surface area contributed by atoms with Gasteiger partial charge >= 0.3 is 0 Å². The van der Waals surface area contributed by atoms with E-state index in [9.17, 15) is 14.0 Å². The van der Waals surface area contributed by atoms with Gasteiger partial charge < -0.3 is 0 Å². The Balaban J connectivity index is 1.89. The van der Waals surface area contributed by atoms with Crippen LogP contribution in [-0.2, 0) is 4.79 Å². The fourth-order valence-corrected chi connectivity index (χ4v) is 2.25. The molecular weight excluding hydrogens is 398 g/mol. The lowest BCUT2D eigenvalue weighted by molar-refractivity contribution is -0.117. The summed E-state index contributed by atoms with van der Waals surface area (Å²) in [5.41, 5.74) is 5.78. The molecule has 0 saturated carbocycles. The second-order valence-electron chi connectivity index (χ2n) is 4.31. The van der Waals surface area contributed by atoms with Crippen LogP contribution < -0.4 is 10.9 Å². The van der Waals surface area contributed by atoms with Crippen LogP contribution in [0.15, 0.2) is 54.6 Å². The maximum absolute atomic E-state index is 12.7. The second kappa shape index (κ2) is 7.69. The van der Waals surface area contributed by atoms with E-state index in [1.54, 1.807) is 30.3 Å². The molecule has 2 aromatic carbocycles. The zero-order valence-electron chi connectivity index (χ0n) is 11.3. The first-order valence-electron chi connectivity index (χ1n) is 6.35. The number of hydrazine groups is 1. The first kappa shape index (κ1) is 16.2. The third kappa shape index (κ3) is 4.66. The highest BCUT2D eigenvalue weighted by Crippen LogP contribution is 2.10. The predicted molar refractivity (Wildman–Crippen MR) is 90.2 cm³/mol. The van der Waals surface area contributed by atoms with Crippen molar-refractivity contribution in [3.05, 3.63) is 75.1 Å². The van der Waals surface area contributed by atoms with E-state index in [1.807, 2.05) is 28.7 Å². The maximum atomic E-state index is 12.7. The fourth-order valence-electron chi connectivity index (χ4n) is 1.62. The molecule has 0 heterocycles. The van der Waals surface area contributed by atoms with Crippen LogP contribution in [0.25, 0.3) is 6.08 Å². The van der Waals surface area contributed by atoms with Gasteiger partial charge in [0, 0.05) is 9.65 Å². The van der Waals surface area contributed by atoms with Crippen LogP contribution in [0.4, 0.5) is 4.39 Å². The predicted octanol–water partition coefficient (Wildman–Crippen LogP) is 2.90. The Morgan fingerprint density at radius 2 is 1.68 bits per heavy atom. The number of halogens is 2. The third-order valence-corrected chi connectivity index (χ3v) is 3.66. The SMILES string of the molecule is O=C(C=Cc1ccc(F)cc1)NNC(=O)c1ccccc1I. The zero-order chi connectivity index (χ0) is 15.9. The summed E-state index contributed by atoms with van der Waals surface area (Å²) in [5.74, 6) is -1.22. The van der Waals surface area contributed by atoms with Crippen molar-refractivity contribution in [1.82, 2.24) is 10.9 Å². The summed E-state index contributed by atoms with van der Waals surface area (Å²) in [6, 6.07) is 12.7. The lowest BCUT2D eigenvalue weighted by Crippen LogP contribution is -2.41. The van der Waals surface area contributed by atoms with Crippen molar-refractivity contribution in [3.8, 4) is 0 Å². The average molecular weight is 410 g/mol. The van der Waals surface area contributed by atoms with Crippen LogP contribution >= 0.6 is 22.6 Å². The molecule has 0 radical (unpaired) electrons. The van der Waals surface area contributed by atoms with E-state index in [0.29, 0.717) is 11.1 Å². The molecule has 0 atom stereocenters. The number of amides is 2. The summed E-state index contributed by atoms with van der Waals surface area (Å²) in [7, 11) is 0. The molecule has 2 aromatic rings. The van der Waals surface area contributed by atoms with Crippen molar-refractivity contribution in [2.45, 2.75) is 0 Å². The largest absolute Gasteiger partial charge is 0.270 e. The Labute approximate surface area is 140 Å². The molecule has 0 aliphatic heterocycles. The van der Waals surface area contributed by atoms with Gasteiger partial charge in [-0.2, -0.15) is 0 Å². The molecule has 2 amide bonds. The monoisotopic (exact) mass is 410 g/mol. The van der Waals surface area contributed by atoms with Crippen LogP contribution in [0.5, 0.6) is 0 Å². The quantitative estimate of drug-likeness (QED) is 0.465. The van der Waals surface area contributed by atoms with Gasteiger partial charge in [0.15, 0.2) is 0 Å². The average Bonchev–Trinajstić information content (AvgIpc) is 2.52. The van der Waals surface area contributed by atoms with Crippen LogP contribution in [0.2, 0.25) is 0 Å². The highest BCUT2D eigenvalue weighted by molar-refractivity contribution is 14.1. The highest BCUT2D eigenvalue weighted by Gasteiger charge is 2.08. The molecular formula is C16H12FIN2O2. The second-order valence-corrected chi connectivity index (χ2v) is 5.47. The molecule has 0 fully saturated rings. The first-order chi connectivity index (χ1) is 10.6. The van der Waals surface area contributed by atoms with Crippen molar-refractivity contribution < 1.29 is 14.0 Å². The summed E-state index contributed by atoms with van der Waals surface area (Å²) in [5, 5.41) is 0. The molecule has 4 nitrogen and oxygen atoms in total. The van der Waals surface area contributed by atoms with Gasteiger partial charge in [-0.3, -0.25) is 20.4 Å². The Bertz CT molecular complexity index is 714. The molecule has 0 aliphatic rings. The van der Waals surface area contributed by atoms with Crippen LogP contribution in [0.1, 0.15) is 15.9 Å². The van der Waals surface area contributed by atoms with Gasteiger partial charge in [-0.25, -0.2) is 4.39 Å². The van der Waals surface area contributed by atoms with Gasteiger partial charge in [0.1, 0.15) is 5.82 Å². The maximum Gasteiger partial charge on any atom is 0.270 e. The van der Waals surface area contributed by atoms with E-state index in [-0.39, 0.29) is 5.82 Å². The summed E-state index contributed by atoms with van der Waals surface area (Å²) in [6.45, 7) is 0. The summed E-state index contributed by atoms with van der Waals surface area (Å²) < 4.78 is 13.5. The van der Waals surface area contributed by atoms with Gasteiger partial charge in [-0.05, 0) is 58.5 Å². The van der Waals surface area contributed by atoms with Crippen molar-refractivity contribution in [1.29, 1.82) is 0 Å². The smallest absolute Gasteiger partial charge is 0.268 e. The standard InChI is InChI=1S/C16H12FIN2O2/c17-12-8-5-11(6-9-12)7-10-15(21)19-20-16(22)13-3-1-2-4-14(13)18/h1-10H,(H,19,21)(H,20,22). The van der Waals surface area contributed by atoms with Gasteiger partial charge in [0.05, 0.1) is 5.56 Å². The van der Waals surface area contributed by atoms with Crippen LogP contribution in [0, 0.1) is 9.39 Å². The van der Waals surface area contributed by atoms with E-state index in [4.69, 9.17) is 0 Å². The molecule has 2 N–H and O–H groups in total. The number of carbonyl (C=O) groups is 2. The number of rotatable bonds is 3. The normalized spacial score (nSPS) is 10.5. The molecule has 0 unspecified atom stereocenters. The van der Waals surface area contributed by atoms with Gasteiger partial charge in [0.25, 0.3) is 11.8 Å². The fraction of sp³-hybridized carbons (Fsp3) is 0. The molecule has 0 bridgehead atoms. The molecule has 6 heteroatoms. The van der Waals surface area contributed by atoms with Crippen LogP contribution in [-0.4, -0.2) is 11.8 Å².